The molecule has 2 atom stereocenters. The normalized spacial score (nSPS) is 23.1. The lowest BCUT2D eigenvalue weighted by atomic mass is 9.81. The Morgan fingerprint density at radius 2 is 2.30 bits per heavy atom. The molecule has 1 aliphatic rings. The van der Waals surface area contributed by atoms with Gasteiger partial charge in [-0.1, -0.05) is 53.5 Å². The lowest BCUT2D eigenvalue weighted by Gasteiger charge is -2.26. The largest absolute Gasteiger partial charge is 0.361 e. The van der Waals surface area contributed by atoms with Gasteiger partial charge in [-0.2, -0.15) is 0 Å². The van der Waals surface area contributed by atoms with Gasteiger partial charge in [0.25, 0.3) is 0 Å². The predicted molar refractivity (Wildman–Crippen MR) is 91.5 cm³/mol. The highest BCUT2D eigenvalue weighted by Crippen LogP contribution is 2.31. The summed E-state index contributed by atoms with van der Waals surface area (Å²) < 4.78 is 2.37. The molecule has 2 unspecified atom stereocenters. The van der Waals surface area contributed by atoms with Crippen molar-refractivity contribution in [2.75, 3.05) is 11.9 Å². The fraction of sp³-hybridized carbons (Fsp3) is 0.562. The van der Waals surface area contributed by atoms with Crippen LogP contribution in [0.4, 0.5) is 5.13 Å². The summed E-state index contributed by atoms with van der Waals surface area (Å²) in [6, 6.07) is 6.26. The summed E-state index contributed by atoms with van der Waals surface area (Å²) in [6.07, 6.45) is 6.95. The molecule has 1 aliphatic carbocycles. The van der Waals surface area contributed by atoms with Crippen LogP contribution in [0.15, 0.2) is 22.7 Å². The van der Waals surface area contributed by atoms with Crippen LogP contribution in [0.25, 0.3) is 10.2 Å². The second kappa shape index (κ2) is 6.44. The first-order valence-electron chi connectivity index (χ1n) is 7.50. The molecule has 0 amide bonds. The minimum atomic E-state index is 0.912. The van der Waals surface area contributed by atoms with Crippen LogP contribution >= 0.6 is 27.3 Å². The van der Waals surface area contributed by atoms with Crippen LogP contribution in [0.1, 0.15) is 39.0 Å². The molecule has 4 heteroatoms. The van der Waals surface area contributed by atoms with Crippen molar-refractivity contribution in [3.8, 4) is 0 Å². The zero-order valence-electron chi connectivity index (χ0n) is 11.9. The molecule has 108 valence electrons. The van der Waals surface area contributed by atoms with Crippen LogP contribution in [0.2, 0.25) is 0 Å². The highest BCUT2D eigenvalue weighted by molar-refractivity contribution is 9.10. The lowest BCUT2D eigenvalue weighted by molar-refractivity contribution is 0.274. The second-order valence-electron chi connectivity index (χ2n) is 5.98. The first-order chi connectivity index (χ1) is 9.70. The van der Waals surface area contributed by atoms with Crippen molar-refractivity contribution in [3.63, 3.8) is 0 Å². The van der Waals surface area contributed by atoms with E-state index in [-0.39, 0.29) is 0 Å². The number of thiazole rings is 1. The van der Waals surface area contributed by atoms with E-state index in [1.54, 1.807) is 11.3 Å². The second-order valence-corrected chi connectivity index (χ2v) is 7.93. The topological polar surface area (TPSA) is 24.9 Å². The number of benzene rings is 1. The van der Waals surface area contributed by atoms with Crippen LogP contribution in [0.5, 0.6) is 0 Å². The van der Waals surface area contributed by atoms with Gasteiger partial charge in [-0.3, -0.25) is 0 Å². The molecule has 0 radical (unpaired) electrons. The Bertz CT molecular complexity index is 581. The Kier molecular flexibility index (Phi) is 4.61. The molecule has 0 bridgehead atoms. The van der Waals surface area contributed by atoms with Gasteiger partial charge < -0.3 is 5.32 Å². The number of rotatable bonds is 4. The van der Waals surface area contributed by atoms with Gasteiger partial charge in [0.2, 0.25) is 0 Å². The summed E-state index contributed by atoms with van der Waals surface area (Å²) in [5.41, 5.74) is 1.09. The fourth-order valence-electron chi connectivity index (χ4n) is 3.18. The van der Waals surface area contributed by atoms with E-state index >= 15 is 0 Å². The van der Waals surface area contributed by atoms with Gasteiger partial charge in [0.05, 0.1) is 10.2 Å². The summed E-state index contributed by atoms with van der Waals surface area (Å²) in [7, 11) is 0. The maximum absolute atomic E-state index is 4.64. The van der Waals surface area contributed by atoms with Crippen molar-refractivity contribution >= 4 is 42.6 Å². The van der Waals surface area contributed by atoms with Crippen molar-refractivity contribution in [1.29, 1.82) is 0 Å². The smallest absolute Gasteiger partial charge is 0.183 e. The molecule has 1 heterocycles. The van der Waals surface area contributed by atoms with Gasteiger partial charge in [-0.15, -0.1) is 0 Å². The minimum Gasteiger partial charge on any atom is -0.361 e. The fourth-order valence-corrected chi connectivity index (χ4v) is 4.62. The summed E-state index contributed by atoms with van der Waals surface area (Å²) in [6.45, 7) is 3.45. The van der Waals surface area contributed by atoms with Crippen molar-refractivity contribution < 1.29 is 0 Å². The van der Waals surface area contributed by atoms with Gasteiger partial charge in [0.15, 0.2) is 5.13 Å². The third-order valence-electron chi connectivity index (χ3n) is 4.22. The number of fused-ring (bicyclic) bond motifs is 1. The summed E-state index contributed by atoms with van der Waals surface area (Å²) in [4.78, 5) is 4.64. The zero-order valence-corrected chi connectivity index (χ0v) is 14.3. The molecule has 0 saturated heterocycles. The van der Waals surface area contributed by atoms with Gasteiger partial charge in [0, 0.05) is 11.0 Å². The van der Waals surface area contributed by atoms with Crippen molar-refractivity contribution in [2.24, 2.45) is 11.8 Å². The molecule has 2 aromatic rings. The highest BCUT2D eigenvalue weighted by Gasteiger charge is 2.18. The number of nitrogens with zero attached hydrogens (tertiary/aromatic N) is 1. The van der Waals surface area contributed by atoms with Crippen molar-refractivity contribution in [1.82, 2.24) is 4.98 Å². The van der Waals surface area contributed by atoms with E-state index in [2.05, 4.69) is 51.4 Å². The average Bonchev–Trinajstić information content (AvgIpc) is 2.80. The van der Waals surface area contributed by atoms with E-state index in [1.165, 1.54) is 36.8 Å². The molecule has 3 rings (SSSR count). The predicted octanol–water partition coefficient (Wildman–Crippen LogP) is 5.69. The first-order valence-corrected chi connectivity index (χ1v) is 9.11. The van der Waals surface area contributed by atoms with E-state index in [0.29, 0.717) is 0 Å². The third kappa shape index (κ3) is 3.53. The summed E-state index contributed by atoms with van der Waals surface area (Å²) in [5.74, 6) is 1.84. The van der Waals surface area contributed by atoms with E-state index in [9.17, 15) is 0 Å². The Hall–Kier alpha value is -0.610. The van der Waals surface area contributed by atoms with Crippen LogP contribution in [0, 0.1) is 11.8 Å². The Morgan fingerprint density at radius 3 is 3.15 bits per heavy atom. The number of halogens is 1. The summed E-state index contributed by atoms with van der Waals surface area (Å²) >= 11 is 5.26. The molecule has 1 N–H and O–H groups in total. The molecule has 1 saturated carbocycles. The number of hydrogen-bond acceptors (Lipinski definition) is 3. The first kappa shape index (κ1) is 14.3. The van der Waals surface area contributed by atoms with E-state index < -0.39 is 0 Å². The molecule has 1 fully saturated rings. The lowest BCUT2D eigenvalue weighted by Crippen LogP contribution is -2.16. The van der Waals surface area contributed by atoms with Gasteiger partial charge in [-0.05, 0) is 42.9 Å². The van der Waals surface area contributed by atoms with Gasteiger partial charge >= 0.3 is 0 Å². The molecule has 1 aromatic carbocycles. The van der Waals surface area contributed by atoms with E-state index in [1.807, 2.05) is 0 Å². The highest BCUT2D eigenvalue weighted by atomic mass is 79.9. The van der Waals surface area contributed by atoms with Crippen molar-refractivity contribution in [3.05, 3.63) is 22.7 Å². The van der Waals surface area contributed by atoms with Gasteiger partial charge in [-0.25, -0.2) is 4.98 Å². The number of nitrogens with one attached hydrogen (secondary N) is 1. The maximum atomic E-state index is 4.64. The Balaban J connectivity index is 1.54. The molecular weight excluding hydrogens is 332 g/mol. The van der Waals surface area contributed by atoms with Crippen LogP contribution in [-0.2, 0) is 0 Å². The molecule has 0 aliphatic heterocycles. The standard InChI is InChI=1S/C16H21BrN2S/c1-11-3-2-4-12(9-11)7-8-18-16-19-14-6-5-13(17)10-15(14)20-16/h5-6,10-12H,2-4,7-9H2,1H3,(H,18,19). The third-order valence-corrected chi connectivity index (χ3v) is 5.69. The monoisotopic (exact) mass is 352 g/mol. The number of aromatic nitrogens is 1. The van der Waals surface area contributed by atoms with Crippen LogP contribution in [-0.4, -0.2) is 11.5 Å². The van der Waals surface area contributed by atoms with E-state index in [0.717, 1.165) is 33.5 Å². The average molecular weight is 353 g/mol. The quantitative estimate of drug-likeness (QED) is 0.764. The SMILES string of the molecule is CC1CCCC(CCNc2nc3ccc(Br)cc3s2)C1. The molecule has 0 spiro atoms. The molecular formula is C16H21BrN2S. The van der Waals surface area contributed by atoms with Gasteiger partial charge in [0.1, 0.15) is 0 Å². The Labute approximate surface area is 133 Å². The molecule has 1 aromatic heterocycles. The molecule has 2 nitrogen and oxygen atoms in total. The minimum absolute atomic E-state index is 0.912. The molecule has 20 heavy (non-hydrogen) atoms. The van der Waals surface area contributed by atoms with Crippen LogP contribution in [0.3, 0.4) is 0 Å². The van der Waals surface area contributed by atoms with Crippen LogP contribution < -0.4 is 5.32 Å². The van der Waals surface area contributed by atoms with Crippen molar-refractivity contribution in [2.45, 2.75) is 39.0 Å². The summed E-state index contributed by atoms with van der Waals surface area (Å²) in [5, 5.41) is 4.57. The maximum Gasteiger partial charge on any atom is 0.183 e. The van der Waals surface area contributed by atoms with E-state index in [4.69, 9.17) is 0 Å². The number of anilines is 1. The Morgan fingerprint density at radius 1 is 1.40 bits per heavy atom. The number of hydrogen-bond donors (Lipinski definition) is 1. The zero-order chi connectivity index (χ0) is 13.9.